The number of rotatable bonds is 2. The first-order valence-electron chi connectivity index (χ1n) is 6.45. The van der Waals surface area contributed by atoms with Gasteiger partial charge in [-0.05, 0) is 23.3 Å². The van der Waals surface area contributed by atoms with Crippen molar-refractivity contribution in [3.63, 3.8) is 0 Å². The van der Waals surface area contributed by atoms with Crippen molar-refractivity contribution in [3.8, 4) is 0 Å². The van der Waals surface area contributed by atoms with Crippen LogP contribution in [0.1, 0.15) is 17.2 Å². The van der Waals surface area contributed by atoms with Crippen molar-refractivity contribution < 1.29 is 0 Å². The van der Waals surface area contributed by atoms with Crippen LogP contribution < -0.4 is 0 Å². The molecule has 0 aliphatic carbocycles. The molecule has 0 saturated carbocycles. The van der Waals surface area contributed by atoms with Gasteiger partial charge in [-0.3, -0.25) is 9.89 Å². The van der Waals surface area contributed by atoms with Crippen LogP contribution in [0.25, 0.3) is 0 Å². The molecule has 2 aromatic rings. The highest BCUT2D eigenvalue weighted by atomic mass is 79.9. The van der Waals surface area contributed by atoms with Crippen LogP contribution in [-0.2, 0) is 0 Å². The highest BCUT2D eigenvalue weighted by molar-refractivity contribution is 9.10. The highest BCUT2D eigenvalue weighted by Crippen LogP contribution is 2.47. The summed E-state index contributed by atoms with van der Waals surface area (Å²) in [7, 11) is 0. The van der Waals surface area contributed by atoms with E-state index in [9.17, 15) is 0 Å². The number of nitrogens with zero attached hydrogens (tertiary/aromatic N) is 2. The van der Waals surface area contributed by atoms with Crippen molar-refractivity contribution in [3.05, 3.63) is 70.2 Å². The molecule has 0 bridgehead atoms. The Kier molecular flexibility index (Phi) is 2.57. The number of halogens is 1. The Morgan fingerprint density at radius 1 is 0.947 bits per heavy atom. The van der Waals surface area contributed by atoms with Crippen LogP contribution in [0.3, 0.4) is 0 Å². The fourth-order valence-corrected chi connectivity index (χ4v) is 3.18. The minimum absolute atomic E-state index is 0.476. The first-order valence-corrected chi connectivity index (χ1v) is 7.25. The molecular weight excluding hydrogens is 300 g/mol. The minimum Gasteiger partial charge on any atom is -0.272 e. The van der Waals surface area contributed by atoms with E-state index in [2.05, 4.69) is 80.4 Å². The maximum absolute atomic E-state index is 4.66. The number of hydrogen-bond donors (Lipinski definition) is 0. The van der Waals surface area contributed by atoms with E-state index in [0.29, 0.717) is 12.1 Å². The van der Waals surface area contributed by atoms with Crippen LogP contribution >= 0.6 is 15.9 Å². The summed E-state index contributed by atoms with van der Waals surface area (Å²) in [4.78, 5) is 7.10. The molecular formula is C16H13BrN2. The predicted octanol–water partition coefficient (Wildman–Crippen LogP) is 3.63. The van der Waals surface area contributed by atoms with Gasteiger partial charge in [0.05, 0.1) is 24.5 Å². The lowest BCUT2D eigenvalue weighted by atomic mass is 10.0. The summed E-state index contributed by atoms with van der Waals surface area (Å²) in [6.45, 7) is 0.829. The first kappa shape index (κ1) is 11.4. The van der Waals surface area contributed by atoms with Crippen molar-refractivity contribution in [2.45, 2.75) is 12.1 Å². The van der Waals surface area contributed by atoms with Gasteiger partial charge in [-0.25, -0.2) is 0 Å². The van der Waals surface area contributed by atoms with E-state index >= 15 is 0 Å². The Morgan fingerprint density at radius 3 is 2.42 bits per heavy atom. The molecule has 0 aromatic heterocycles. The molecule has 19 heavy (non-hydrogen) atoms. The second-order valence-electron chi connectivity index (χ2n) is 5.01. The molecule has 1 fully saturated rings. The zero-order valence-corrected chi connectivity index (χ0v) is 11.9. The number of benzene rings is 2. The zero-order chi connectivity index (χ0) is 12.8. The van der Waals surface area contributed by atoms with Gasteiger partial charge in [0.1, 0.15) is 0 Å². The summed E-state index contributed by atoms with van der Waals surface area (Å²) in [6, 6.07) is 20.1. The molecule has 94 valence electrons. The lowest BCUT2D eigenvalue weighted by Crippen LogP contribution is -2.08. The molecule has 0 spiro atoms. The van der Waals surface area contributed by atoms with E-state index in [-0.39, 0.29) is 0 Å². The monoisotopic (exact) mass is 312 g/mol. The summed E-state index contributed by atoms with van der Waals surface area (Å²) in [5.41, 5.74) is 3.89. The zero-order valence-electron chi connectivity index (χ0n) is 10.3. The van der Waals surface area contributed by atoms with E-state index in [1.165, 1.54) is 16.8 Å². The van der Waals surface area contributed by atoms with Gasteiger partial charge in [-0.15, -0.1) is 0 Å². The molecule has 0 amide bonds. The fraction of sp³-hybridized carbons (Fsp3) is 0.188. The van der Waals surface area contributed by atoms with Crippen LogP contribution in [0, 0.1) is 0 Å². The quantitative estimate of drug-likeness (QED) is 0.773. The van der Waals surface area contributed by atoms with Gasteiger partial charge in [0, 0.05) is 4.47 Å². The van der Waals surface area contributed by atoms with E-state index < -0.39 is 0 Å². The van der Waals surface area contributed by atoms with Gasteiger partial charge in [-0.1, -0.05) is 58.4 Å². The van der Waals surface area contributed by atoms with Crippen molar-refractivity contribution in [2.24, 2.45) is 4.99 Å². The molecule has 2 aliphatic rings. The number of hydrogen-bond acceptors (Lipinski definition) is 2. The van der Waals surface area contributed by atoms with E-state index in [4.69, 9.17) is 0 Å². The molecule has 2 nitrogen and oxygen atoms in total. The van der Waals surface area contributed by atoms with Crippen molar-refractivity contribution in [1.29, 1.82) is 0 Å². The minimum atomic E-state index is 0.476. The Labute approximate surface area is 120 Å². The Morgan fingerprint density at radius 2 is 1.68 bits per heavy atom. The maximum atomic E-state index is 4.66. The Bertz CT molecular complexity index is 634. The van der Waals surface area contributed by atoms with Gasteiger partial charge < -0.3 is 0 Å². The molecule has 2 aromatic carbocycles. The summed E-state index contributed by atoms with van der Waals surface area (Å²) in [5, 5.41) is 0. The summed E-state index contributed by atoms with van der Waals surface area (Å²) in [5.74, 6) is 0. The van der Waals surface area contributed by atoms with E-state index in [1.54, 1.807) is 0 Å². The fourth-order valence-electron chi connectivity index (χ4n) is 2.91. The van der Waals surface area contributed by atoms with Crippen LogP contribution in [0.15, 0.2) is 64.1 Å². The lowest BCUT2D eigenvalue weighted by molar-refractivity contribution is 0.539. The van der Waals surface area contributed by atoms with Gasteiger partial charge in [0.15, 0.2) is 0 Å². The normalized spacial score (nSPS) is 27.8. The highest BCUT2D eigenvalue weighted by Gasteiger charge is 2.54. The third kappa shape index (κ3) is 1.85. The van der Waals surface area contributed by atoms with Gasteiger partial charge in [0.25, 0.3) is 0 Å². The summed E-state index contributed by atoms with van der Waals surface area (Å²) < 4.78 is 1.13. The topological polar surface area (TPSA) is 15.4 Å². The van der Waals surface area contributed by atoms with E-state index in [1.807, 2.05) is 0 Å². The molecule has 4 rings (SSSR count). The Hall–Kier alpha value is -1.45. The Balaban J connectivity index is 1.62. The average Bonchev–Trinajstić information content (AvgIpc) is 3.00. The van der Waals surface area contributed by atoms with Crippen LogP contribution in [0.4, 0.5) is 0 Å². The molecule has 2 heterocycles. The summed E-state index contributed by atoms with van der Waals surface area (Å²) in [6.07, 6.45) is 0. The van der Waals surface area contributed by atoms with Crippen molar-refractivity contribution in [1.82, 2.24) is 4.90 Å². The third-order valence-electron chi connectivity index (χ3n) is 3.89. The molecule has 1 unspecified atom stereocenters. The second-order valence-corrected chi connectivity index (χ2v) is 5.92. The van der Waals surface area contributed by atoms with E-state index in [0.717, 1.165) is 11.1 Å². The maximum Gasteiger partial charge on any atom is 0.0925 e. The van der Waals surface area contributed by atoms with Crippen molar-refractivity contribution in [2.75, 3.05) is 6.67 Å². The third-order valence-corrected chi connectivity index (χ3v) is 4.42. The molecule has 1 saturated heterocycles. The molecule has 3 heteroatoms. The lowest BCUT2D eigenvalue weighted by Gasteiger charge is -2.05. The number of aliphatic imine (C=N–C) groups is 1. The molecule has 2 aliphatic heterocycles. The standard InChI is InChI=1S/C16H13BrN2/c17-13-8-6-12(7-9-13)15-16-14(18-10-19(15)16)11-4-2-1-3-5-11/h1-9,15-16H,10H2/t15-,16+,19?/m0/s1. The first-order chi connectivity index (χ1) is 9.34. The SMILES string of the molecule is Brc1ccc([C@H]2[C@H]3C(c4ccccc4)=NCN32)cc1. The van der Waals surface area contributed by atoms with Crippen LogP contribution in [-0.4, -0.2) is 23.3 Å². The second kappa shape index (κ2) is 4.29. The molecule has 0 N–H and O–H groups in total. The van der Waals surface area contributed by atoms with Gasteiger partial charge >= 0.3 is 0 Å². The summed E-state index contributed by atoms with van der Waals surface area (Å²) >= 11 is 3.49. The molecule has 3 atom stereocenters. The van der Waals surface area contributed by atoms with Crippen LogP contribution in [0.2, 0.25) is 0 Å². The van der Waals surface area contributed by atoms with Crippen molar-refractivity contribution >= 4 is 21.6 Å². The van der Waals surface area contributed by atoms with Crippen LogP contribution in [0.5, 0.6) is 0 Å². The van der Waals surface area contributed by atoms with Gasteiger partial charge in [-0.2, -0.15) is 0 Å². The predicted molar refractivity (Wildman–Crippen MR) is 80.4 cm³/mol. The largest absolute Gasteiger partial charge is 0.272 e. The smallest absolute Gasteiger partial charge is 0.0925 e. The molecule has 0 radical (unpaired) electrons. The number of fused-ring (bicyclic) bond motifs is 1. The van der Waals surface area contributed by atoms with Gasteiger partial charge in [0.2, 0.25) is 0 Å². The average molecular weight is 313 g/mol.